The lowest BCUT2D eigenvalue weighted by Crippen LogP contribution is -2.53. The van der Waals surface area contributed by atoms with Crippen molar-refractivity contribution in [2.75, 3.05) is 20.1 Å². The number of unbranched alkanes of at least 4 members (excludes halogenated alkanes) is 1. The predicted molar refractivity (Wildman–Crippen MR) is 94.4 cm³/mol. The van der Waals surface area contributed by atoms with Gasteiger partial charge in [0.15, 0.2) is 0 Å². The summed E-state index contributed by atoms with van der Waals surface area (Å²) in [7, 11) is 1.92. The molecule has 24 heavy (non-hydrogen) atoms. The highest BCUT2D eigenvalue weighted by Gasteiger charge is 2.40. The fourth-order valence-corrected chi connectivity index (χ4v) is 3.23. The molecule has 4 unspecified atom stereocenters. The van der Waals surface area contributed by atoms with Crippen LogP contribution >= 0.6 is 0 Å². The van der Waals surface area contributed by atoms with Gasteiger partial charge in [-0.3, -0.25) is 19.3 Å². The Hall–Kier alpha value is -1.69. The number of ketones is 1. The van der Waals surface area contributed by atoms with E-state index in [1.54, 1.807) is 0 Å². The van der Waals surface area contributed by atoms with E-state index in [2.05, 4.69) is 31.1 Å². The number of rotatable bonds is 9. The van der Waals surface area contributed by atoms with Gasteiger partial charge < -0.3 is 10.6 Å². The molecule has 4 atom stereocenters. The lowest BCUT2D eigenvalue weighted by molar-refractivity contribution is -0.140. The molecule has 136 valence electrons. The van der Waals surface area contributed by atoms with Gasteiger partial charge in [-0.2, -0.15) is 0 Å². The molecular formula is C18H31N3O3. The molecule has 0 saturated carbocycles. The van der Waals surface area contributed by atoms with E-state index >= 15 is 0 Å². The number of nitrogens with zero attached hydrogens (tertiary/aromatic N) is 1. The molecule has 1 saturated heterocycles. The Labute approximate surface area is 145 Å². The molecule has 2 N–H and O–H groups in total. The van der Waals surface area contributed by atoms with Gasteiger partial charge in [-0.25, -0.2) is 0 Å². The van der Waals surface area contributed by atoms with Crippen molar-refractivity contribution in [1.82, 2.24) is 15.5 Å². The number of Topliss-reactive ketones (excluding diaryl/α,β-unsaturated/α-hetero) is 1. The molecule has 1 heterocycles. The minimum atomic E-state index is -0.765. The summed E-state index contributed by atoms with van der Waals surface area (Å²) in [6, 6.07) is -1.02. The van der Waals surface area contributed by atoms with Crippen LogP contribution in [0.3, 0.4) is 0 Å². The minimum Gasteiger partial charge on any atom is -0.346 e. The maximum Gasteiger partial charge on any atom is 0.289 e. The second-order valence-electron chi connectivity index (χ2n) is 6.79. The van der Waals surface area contributed by atoms with Crippen molar-refractivity contribution in [3.8, 4) is 0 Å². The molecule has 6 heteroatoms. The second kappa shape index (κ2) is 9.57. The van der Waals surface area contributed by atoms with Crippen molar-refractivity contribution in [1.29, 1.82) is 0 Å². The summed E-state index contributed by atoms with van der Waals surface area (Å²) in [6.07, 6.45) is 3.66. The Morgan fingerprint density at radius 3 is 2.50 bits per heavy atom. The van der Waals surface area contributed by atoms with Gasteiger partial charge in [0.2, 0.25) is 11.7 Å². The zero-order valence-electron chi connectivity index (χ0n) is 15.3. The number of hydrogen-bond donors (Lipinski definition) is 2. The SMILES string of the molecule is C=CCNC(=O)C(=O)C(CCCC)NC(=O)C1C(C)C(C)CN1C. The summed E-state index contributed by atoms with van der Waals surface area (Å²) in [5.74, 6) is -0.782. The van der Waals surface area contributed by atoms with Gasteiger partial charge in [-0.15, -0.1) is 6.58 Å². The zero-order valence-corrected chi connectivity index (χ0v) is 15.3. The van der Waals surface area contributed by atoms with Crippen LogP contribution in [0.5, 0.6) is 0 Å². The van der Waals surface area contributed by atoms with E-state index in [-0.39, 0.29) is 24.4 Å². The molecule has 0 aromatic carbocycles. The Bertz CT molecular complexity index is 478. The van der Waals surface area contributed by atoms with Crippen molar-refractivity contribution >= 4 is 17.6 Å². The summed E-state index contributed by atoms with van der Waals surface area (Å²) >= 11 is 0. The van der Waals surface area contributed by atoms with E-state index in [9.17, 15) is 14.4 Å². The highest BCUT2D eigenvalue weighted by Crippen LogP contribution is 2.28. The van der Waals surface area contributed by atoms with Crippen LogP contribution in [0.4, 0.5) is 0 Å². The third-order valence-corrected chi connectivity index (χ3v) is 4.83. The standard InChI is InChI=1S/C18H31N3O3/c1-6-8-9-14(16(22)18(24)19-10-7-2)20-17(23)15-13(4)12(3)11-21(15)5/h7,12-15H,2,6,8-11H2,1,3-5H3,(H,19,24)(H,20,23). The molecule has 0 bridgehead atoms. The predicted octanol–water partition coefficient (Wildman–Crippen LogP) is 1.12. The minimum absolute atomic E-state index is 0.166. The van der Waals surface area contributed by atoms with Crippen LogP contribution in [0.2, 0.25) is 0 Å². The van der Waals surface area contributed by atoms with Crippen LogP contribution in [0.15, 0.2) is 12.7 Å². The lowest BCUT2D eigenvalue weighted by atomic mass is 9.93. The van der Waals surface area contributed by atoms with E-state index in [0.29, 0.717) is 12.3 Å². The van der Waals surface area contributed by atoms with Crippen LogP contribution in [0.1, 0.15) is 40.0 Å². The lowest BCUT2D eigenvalue weighted by Gasteiger charge is -2.25. The van der Waals surface area contributed by atoms with Crippen molar-refractivity contribution in [2.45, 2.75) is 52.1 Å². The van der Waals surface area contributed by atoms with Crippen molar-refractivity contribution in [2.24, 2.45) is 11.8 Å². The Morgan fingerprint density at radius 2 is 2.00 bits per heavy atom. The first kappa shape index (κ1) is 20.4. The molecule has 6 nitrogen and oxygen atoms in total. The second-order valence-corrected chi connectivity index (χ2v) is 6.79. The number of carbonyl (C=O) groups excluding carboxylic acids is 3. The van der Waals surface area contributed by atoms with Gasteiger partial charge in [0.1, 0.15) is 0 Å². The van der Waals surface area contributed by atoms with Gasteiger partial charge in [-0.05, 0) is 25.3 Å². The Balaban J connectivity index is 2.77. The highest BCUT2D eigenvalue weighted by atomic mass is 16.2. The molecule has 2 amide bonds. The van der Waals surface area contributed by atoms with E-state index < -0.39 is 17.7 Å². The molecule has 0 aromatic rings. The Morgan fingerprint density at radius 1 is 1.33 bits per heavy atom. The van der Waals surface area contributed by atoms with E-state index in [1.165, 1.54) is 6.08 Å². The maximum atomic E-state index is 12.7. The monoisotopic (exact) mass is 337 g/mol. The highest BCUT2D eigenvalue weighted by molar-refractivity contribution is 6.38. The third kappa shape index (κ3) is 5.16. The van der Waals surface area contributed by atoms with Crippen molar-refractivity contribution < 1.29 is 14.4 Å². The average molecular weight is 337 g/mol. The smallest absolute Gasteiger partial charge is 0.289 e. The first-order valence-corrected chi connectivity index (χ1v) is 8.77. The average Bonchev–Trinajstić information content (AvgIpc) is 2.80. The molecular weight excluding hydrogens is 306 g/mol. The summed E-state index contributed by atoms with van der Waals surface area (Å²) < 4.78 is 0. The quantitative estimate of drug-likeness (QED) is 0.488. The van der Waals surface area contributed by atoms with Gasteiger partial charge in [0, 0.05) is 13.1 Å². The topological polar surface area (TPSA) is 78.5 Å². The van der Waals surface area contributed by atoms with Crippen LogP contribution in [0, 0.1) is 11.8 Å². The van der Waals surface area contributed by atoms with Crippen LogP contribution in [-0.2, 0) is 14.4 Å². The van der Waals surface area contributed by atoms with Gasteiger partial charge in [0.05, 0.1) is 12.1 Å². The largest absolute Gasteiger partial charge is 0.346 e. The summed E-state index contributed by atoms with van der Waals surface area (Å²) in [5.41, 5.74) is 0. The molecule has 0 aliphatic carbocycles. The first-order valence-electron chi connectivity index (χ1n) is 8.77. The normalized spacial score (nSPS) is 25.1. The number of likely N-dealkylation sites (tertiary alicyclic amines) is 1. The fourth-order valence-electron chi connectivity index (χ4n) is 3.23. The maximum absolute atomic E-state index is 12.7. The number of hydrogen-bond acceptors (Lipinski definition) is 4. The first-order chi connectivity index (χ1) is 11.3. The molecule has 1 aliphatic rings. The van der Waals surface area contributed by atoms with E-state index in [0.717, 1.165) is 19.4 Å². The van der Waals surface area contributed by atoms with Gasteiger partial charge in [0.25, 0.3) is 5.91 Å². The number of nitrogens with one attached hydrogen (secondary N) is 2. The number of likely N-dealkylation sites (N-methyl/N-ethyl adjacent to an activating group) is 1. The summed E-state index contributed by atoms with van der Waals surface area (Å²) in [4.78, 5) is 39.0. The zero-order chi connectivity index (χ0) is 18.3. The van der Waals surface area contributed by atoms with Gasteiger partial charge >= 0.3 is 0 Å². The van der Waals surface area contributed by atoms with Crippen LogP contribution in [-0.4, -0.2) is 54.7 Å². The number of amides is 2. The van der Waals surface area contributed by atoms with E-state index in [1.807, 2.05) is 18.9 Å². The summed E-state index contributed by atoms with van der Waals surface area (Å²) in [6.45, 7) is 10.8. The van der Waals surface area contributed by atoms with Gasteiger partial charge in [-0.1, -0.05) is 39.7 Å². The molecule has 1 aliphatic heterocycles. The molecule has 0 aromatic heterocycles. The van der Waals surface area contributed by atoms with Crippen molar-refractivity contribution in [3.05, 3.63) is 12.7 Å². The van der Waals surface area contributed by atoms with Crippen LogP contribution < -0.4 is 10.6 Å². The number of carbonyl (C=O) groups is 3. The summed E-state index contributed by atoms with van der Waals surface area (Å²) in [5, 5.41) is 5.30. The van der Waals surface area contributed by atoms with Crippen LogP contribution in [0.25, 0.3) is 0 Å². The Kier molecular flexibility index (Phi) is 8.11. The van der Waals surface area contributed by atoms with Crippen molar-refractivity contribution in [3.63, 3.8) is 0 Å². The molecule has 0 radical (unpaired) electrons. The molecule has 1 fully saturated rings. The van der Waals surface area contributed by atoms with E-state index in [4.69, 9.17) is 0 Å². The third-order valence-electron chi connectivity index (χ3n) is 4.83. The molecule has 1 rings (SSSR count). The fraction of sp³-hybridized carbons (Fsp3) is 0.722. The molecule has 0 spiro atoms.